The van der Waals surface area contributed by atoms with Crippen LogP contribution in [0.4, 0.5) is 0 Å². The average molecular weight is 173 g/mol. The normalized spacial score (nSPS) is 22.6. The van der Waals surface area contributed by atoms with Crippen molar-refractivity contribution in [1.29, 1.82) is 0 Å². The summed E-state index contributed by atoms with van der Waals surface area (Å²) in [6.07, 6.45) is 7.05. The maximum absolute atomic E-state index is 3.44. The van der Waals surface area contributed by atoms with Gasteiger partial charge >= 0.3 is 0 Å². The molecule has 0 aromatic heterocycles. The molecule has 0 amide bonds. The lowest BCUT2D eigenvalue weighted by atomic mass is 10.1. The Bertz CT molecular complexity index is 270. The third-order valence-corrected chi connectivity index (χ3v) is 2.42. The number of hydrogen-bond donors (Lipinski definition) is 1. The smallest absolute Gasteiger partial charge is 0.0253 e. The Hall–Kier alpha value is -1.08. The van der Waals surface area contributed by atoms with Crippen molar-refractivity contribution in [3.05, 3.63) is 42.0 Å². The topological polar surface area (TPSA) is 12.0 Å². The van der Waals surface area contributed by atoms with Crippen molar-refractivity contribution in [3.63, 3.8) is 0 Å². The average Bonchev–Trinajstić information content (AvgIpc) is 2.69. The fourth-order valence-electron chi connectivity index (χ4n) is 1.67. The highest BCUT2D eigenvalue weighted by Gasteiger charge is 2.09. The van der Waals surface area contributed by atoms with Crippen LogP contribution in [0.2, 0.25) is 0 Å². The number of hydrogen-bond acceptors (Lipinski definition) is 1. The molecule has 1 saturated heterocycles. The third-order valence-electron chi connectivity index (χ3n) is 2.42. The molecule has 1 nitrogen and oxygen atoms in total. The summed E-state index contributed by atoms with van der Waals surface area (Å²) < 4.78 is 0. The van der Waals surface area contributed by atoms with Crippen LogP contribution in [0.5, 0.6) is 0 Å². The molecule has 1 N–H and O–H groups in total. The predicted octanol–water partition coefficient (Wildman–Crippen LogP) is 2.45. The van der Waals surface area contributed by atoms with Crippen molar-refractivity contribution in [1.82, 2.24) is 5.32 Å². The van der Waals surface area contributed by atoms with Crippen LogP contribution in [0.3, 0.4) is 0 Å². The molecule has 0 spiro atoms. The summed E-state index contributed by atoms with van der Waals surface area (Å²) in [5.41, 5.74) is 1.29. The van der Waals surface area contributed by atoms with Gasteiger partial charge in [-0.25, -0.2) is 0 Å². The van der Waals surface area contributed by atoms with E-state index in [1.54, 1.807) is 0 Å². The van der Waals surface area contributed by atoms with Crippen molar-refractivity contribution in [2.75, 3.05) is 6.54 Å². The van der Waals surface area contributed by atoms with E-state index in [1.807, 2.05) is 6.07 Å². The molecule has 0 aliphatic carbocycles. The van der Waals surface area contributed by atoms with E-state index in [0.717, 1.165) is 0 Å². The first-order chi connectivity index (χ1) is 6.45. The van der Waals surface area contributed by atoms with E-state index >= 15 is 0 Å². The molecule has 1 aromatic carbocycles. The first-order valence-electron chi connectivity index (χ1n) is 4.92. The standard InChI is InChI=1S/C12H15N/c1-2-5-11(6-3-1)8-9-12-7-4-10-13-12/h1-3,5-6,8-9,12-13H,4,7,10H2/b9-8+/t12-/m1/s1. The van der Waals surface area contributed by atoms with Crippen LogP contribution in [0.1, 0.15) is 18.4 Å². The Morgan fingerprint density at radius 1 is 1.23 bits per heavy atom. The molecule has 0 radical (unpaired) electrons. The highest BCUT2D eigenvalue weighted by atomic mass is 14.9. The van der Waals surface area contributed by atoms with Crippen molar-refractivity contribution in [2.24, 2.45) is 0 Å². The lowest BCUT2D eigenvalue weighted by Crippen LogP contribution is -2.17. The Morgan fingerprint density at radius 3 is 2.77 bits per heavy atom. The highest BCUT2D eigenvalue weighted by molar-refractivity contribution is 5.49. The van der Waals surface area contributed by atoms with Gasteiger partial charge < -0.3 is 5.32 Å². The predicted molar refractivity (Wildman–Crippen MR) is 56.5 cm³/mol. The van der Waals surface area contributed by atoms with Crippen molar-refractivity contribution >= 4 is 6.08 Å². The molecule has 13 heavy (non-hydrogen) atoms. The summed E-state index contributed by atoms with van der Waals surface area (Å²) in [4.78, 5) is 0. The van der Waals surface area contributed by atoms with Crippen molar-refractivity contribution in [3.8, 4) is 0 Å². The molecule has 2 rings (SSSR count). The van der Waals surface area contributed by atoms with Gasteiger partial charge in [0.15, 0.2) is 0 Å². The molecule has 1 atom stereocenters. The van der Waals surface area contributed by atoms with E-state index in [4.69, 9.17) is 0 Å². The van der Waals surface area contributed by atoms with Gasteiger partial charge in [0.25, 0.3) is 0 Å². The lowest BCUT2D eigenvalue weighted by Gasteiger charge is -2.01. The molecule has 1 fully saturated rings. The van der Waals surface area contributed by atoms with E-state index in [-0.39, 0.29) is 0 Å². The van der Waals surface area contributed by atoms with E-state index in [2.05, 4.69) is 41.7 Å². The maximum Gasteiger partial charge on any atom is 0.0253 e. The Kier molecular flexibility index (Phi) is 2.78. The van der Waals surface area contributed by atoms with Crippen LogP contribution in [0.15, 0.2) is 36.4 Å². The van der Waals surface area contributed by atoms with Gasteiger partial charge in [0.05, 0.1) is 0 Å². The second-order valence-corrected chi connectivity index (χ2v) is 3.47. The number of nitrogens with one attached hydrogen (secondary N) is 1. The monoisotopic (exact) mass is 173 g/mol. The zero-order valence-electron chi connectivity index (χ0n) is 7.74. The molecule has 1 heterocycles. The van der Waals surface area contributed by atoms with Crippen LogP contribution in [-0.2, 0) is 0 Å². The summed E-state index contributed by atoms with van der Waals surface area (Å²) >= 11 is 0. The quantitative estimate of drug-likeness (QED) is 0.724. The summed E-state index contributed by atoms with van der Waals surface area (Å²) in [6, 6.07) is 11.0. The molecular formula is C12H15N. The molecule has 1 heteroatoms. The van der Waals surface area contributed by atoms with Gasteiger partial charge in [-0.15, -0.1) is 0 Å². The van der Waals surface area contributed by atoms with Gasteiger partial charge in [0.1, 0.15) is 0 Å². The largest absolute Gasteiger partial charge is 0.311 e. The molecule has 1 aliphatic rings. The van der Waals surface area contributed by atoms with Crippen LogP contribution in [0, 0.1) is 0 Å². The molecule has 0 unspecified atom stereocenters. The SMILES string of the molecule is C(=C\[C@H]1CCCN1)/c1ccccc1. The molecule has 68 valence electrons. The van der Waals surface area contributed by atoms with E-state index < -0.39 is 0 Å². The minimum absolute atomic E-state index is 0.597. The zero-order valence-corrected chi connectivity index (χ0v) is 7.74. The Morgan fingerprint density at radius 2 is 2.08 bits per heavy atom. The number of rotatable bonds is 2. The second-order valence-electron chi connectivity index (χ2n) is 3.47. The maximum atomic E-state index is 3.44. The van der Waals surface area contributed by atoms with E-state index in [0.29, 0.717) is 6.04 Å². The fourth-order valence-corrected chi connectivity index (χ4v) is 1.67. The van der Waals surface area contributed by atoms with Gasteiger partial charge in [0, 0.05) is 6.04 Å². The molecule has 1 aliphatic heterocycles. The minimum atomic E-state index is 0.597. The second kappa shape index (κ2) is 4.24. The first-order valence-corrected chi connectivity index (χ1v) is 4.92. The summed E-state index contributed by atoms with van der Waals surface area (Å²) in [5.74, 6) is 0. The summed E-state index contributed by atoms with van der Waals surface area (Å²) in [7, 11) is 0. The fraction of sp³-hybridized carbons (Fsp3) is 0.333. The van der Waals surface area contributed by atoms with E-state index in [1.165, 1.54) is 24.9 Å². The van der Waals surface area contributed by atoms with Crippen LogP contribution in [-0.4, -0.2) is 12.6 Å². The van der Waals surface area contributed by atoms with Gasteiger partial charge in [0.2, 0.25) is 0 Å². The van der Waals surface area contributed by atoms with Crippen LogP contribution >= 0.6 is 0 Å². The van der Waals surface area contributed by atoms with Crippen molar-refractivity contribution < 1.29 is 0 Å². The van der Waals surface area contributed by atoms with Crippen LogP contribution in [0.25, 0.3) is 6.08 Å². The molecule has 1 aromatic rings. The first kappa shape index (κ1) is 8.52. The van der Waals surface area contributed by atoms with Gasteiger partial charge in [-0.1, -0.05) is 42.5 Å². The van der Waals surface area contributed by atoms with Gasteiger partial charge in [-0.3, -0.25) is 0 Å². The lowest BCUT2D eigenvalue weighted by molar-refractivity contribution is 0.730. The molecule has 0 saturated carbocycles. The Labute approximate surface area is 79.5 Å². The minimum Gasteiger partial charge on any atom is -0.311 e. The van der Waals surface area contributed by atoms with Gasteiger partial charge in [-0.05, 0) is 24.9 Å². The van der Waals surface area contributed by atoms with Crippen LogP contribution < -0.4 is 5.32 Å². The van der Waals surface area contributed by atoms with Gasteiger partial charge in [-0.2, -0.15) is 0 Å². The zero-order chi connectivity index (χ0) is 8.93. The molecular weight excluding hydrogens is 158 g/mol. The molecule has 0 bridgehead atoms. The third kappa shape index (κ3) is 2.43. The summed E-state index contributed by atoms with van der Waals surface area (Å²) in [6.45, 7) is 1.17. The summed E-state index contributed by atoms with van der Waals surface area (Å²) in [5, 5.41) is 3.44. The van der Waals surface area contributed by atoms with E-state index in [9.17, 15) is 0 Å². The highest BCUT2D eigenvalue weighted by Crippen LogP contribution is 2.08. The van der Waals surface area contributed by atoms with Crippen molar-refractivity contribution in [2.45, 2.75) is 18.9 Å². The number of benzene rings is 1. The Balaban J connectivity index is 1.97.